The molecule has 0 atom stereocenters. The van der Waals surface area contributed by atoms with Crippen LogP contribution in [0.4, 0.5) is 10.5 Å². The minimum Gasteiger partial charge on any atom is -0.450 e. The Hall–Kier alpha value is -2.56. The summed E-state index contributed by atoms with van der Waals surface area (Å²) in [5.74, 6) is 0. The summed E-state index contributed by atoms with van der Waals surface area (Å²) in [6.45, 7) is 2.12. The molecule has 2 aromatic heterocycles. The Morgan fingerprint density at radius 3 is 3.11 bits per heavy atom. The third-order valence-corrected chi connectivity index (χ3v) is 2.95. The fourth-order valence-electron chi connectivity index (χ4n) is 2.15. The number of benzene rings is 1. The van der Waals surface area contributed by atoms with Gasteiger partial charge in [0, 0.05) is 28.7 Å². The van der Waals surface area contributed by atoms with E-state index >= 15 is 0 Å². The Morgan fingerprint density at radius 2 is 2.26 bits per heavy atom. The normalized spacial score (nSPS) is 10.8. The van der Waals surface area contributed by atoms with Crippen LogP contribution < -0.4 is 5.32 Å². The van der Waals surface area contributed by atoms with E-state index in [4.69, 9.17) is 4.74 Å². The van der Waals surface area contributed by atoms with Crippen molar-refractivity contribution in [2.75, 3.05) is 11.9 Å². The monoisotopic (exact) mass is 255 g/mol. The van der Waals surface area contributed by atoms with Crippen LogP contribution in [0.3, 0.4) is 0 Å². The SMILES string of the molecule is CCOC(=O)Nc1cccc2c1[nH]c1ccncc12. The van der Waals surface area contributed by atoms with Crippen LogP contribution >= 0.6 is 0 Å². The zero-order valence-electron chi connectivity index (χ0n) is 10.4. The molecule has 1 aromatic carbocycles. The minimum atomic E-state index is -0.452. The number of carbonyl (C=O) groups excluding carboxylic acids is 1. The van der Waals surface area contributed by atoms with Crippen LogP contribution in [0, 0.1) is 0 Å². The van der Waals surface area contributed by atoms with Crippen molar-refractivity contribution in [3.63, 3.8) is 0 Å². The van der Waals surface area contributed by atoms with Gasteiger partial charge in [-0.05, 0) is 19.1 Å². The predicted octanol–water partition coefficient (Wildman–Crippen LogP) is 3.28. The number of rotatable bonds is 2. The summed E-state index contributed by atoms with van der Waals surface area (Å²) >= 11 is 0. The number of aromatic nitrogens is 2. The fraction of sp³-hybridized carbons (Fsp3) is 0.143. The second-order valence-electron chi connectivity index (χ2n) is 4.12. The van der Waals surface area contributed by atoms with E-state index in [0.717, 1.165) is 21.8 Å². The number of carbonyl (C=O) groups is 1. The van der Waals surface area contributed by atoms with Crippen molar-refractivity contribution in [2.24, 2.45) is 0 Å². The van der Waals surface area contributed by atoms with Crippen LogP contribution in [0.1, 0.15) is 6.92 Å². The lowest BCUT2D eigenvalue weighted by atomic mass is 10.2. The Morgan fingerprint density at radius 1 is 1.37 bits per heavy atom. The van der Waals surface area contributed by atoms with Gasteiger partial charge in [0.1, 0.15) is 0 Å². The minimum absolute atomic E-state index is 0.346. The van der Waals surface area contributed by atoms with Crippen LogP contribution in [0.15, 0.2) is 36.7 Å². The number of nitrogens with zero attached hydrogens (tertiary/aromatic N) is 1. The number of nitrogens with one attached hydrogen (secondary N) is 2. The van der Waals surface area contributed by atoms with E-state index in [0.29, 0.717) is 12.3 Å². The van der Waals surface area contributed by atoms with Gasteiger partial charge in [0.15, 0.2) is 0 Å². The molecule has 0 aliphatic heterocycles. The molecular weight excluding hydrogens is 242 g/mol. The molecule has 3 rings (SSSR count). The fourth-order valence-corrected chi connectivity index (χ4v) is 2.15. The number of para-hydroxylation sites is 1. The molecule has 5 nitrogen and oxygen atoms in total. The van der Waals surface area contributed by atoms with Gasteiger partial charge in [0.05, 0.1) is 17.8 Å². The lowest BCUT2D eigenvalue weighted by Crippen LogP contribution is -2.13. The third kappa shape index (κ3) is 1.99. The van der Waals surface area contributed by atoms with Crippen molar-refractivity contribution in [3.05, 3.63) is 36.7 Å². The zero-order valence-corrected chi connectivity index (χ0v) is 10.4. The van der Waals surface area contributed by atoms with Crippen LogP contribution in [0.25, 0.3) is 21.8 Å². The van der Waals surface area contributed by atoms with Gasteiger partial charge in [0.25, 0.3) is 0 Å². The molecule has 2 N–H and O–H groups in total. The summed E-state index contributed by atoms with van der Waals surface area (Å²) in [7, 11) is 0. The largest absolute Gasteiger partial charge is 0.450 e. The van der Waals surface area contributed by atoms with Crippen molar-refractivity contribution in [1.29, 1.82) is 0 Å². The number of anilines is 1. The first-order valence-electron chi connectivity index (χ1n) is 6.08. The molecule has 1 amide bonds. The number of hydrogen-bond donors (Lipinski definition) is 2. The molecule has 0 fully saturated rings. The number of fused-ring (bicyclic) bond motifs is 3. The molecule has 19 heavy (non-hydrogen) atoms. The Balaban J connectivity index is 2.12. The number of aromatic amines is 1. The molecular formula is C14H13N3O2. The molecule has 0 unspecified atom stereocenters. The van der Waals surface area contributed by atoms with Crippen LogP contribution in [-0.4, -0.2) is 22.7 Å². The molecule has 0 bridgehead atoms. The molecule has 96 valence electrons. The van der Waals surface area contributed by atoms with E-state index in [-0.39, 0.29) is 0 Å². The van der Waals surface area contributed by atoms with Gasteiger partial charge in [0.2, 0.25) is 0 Å². The average Bonchev–Trinajstić information content (AvgIpc) is 2.79. The molecule has 3 aromatic rings. The highest BCUT2D eigenvalue weighted by Gasteiger charge is 2.10. The highest BCUT2D eigenvalue weighted by Crippen LogP contribution is 2.29. The maximum atomic E-state index is 11.5. The van der Waals surface area contributed by atoms with E-state index in [9.17, 15) is 4.79 Å². The molecule has 0 saturated carbocycles. The van der Waals surface area contributed by atoms with E-state index in [2.05, 4.69) is 15.3 Å². The van der Waals surface area contributed by atoms with Crippen molar-refractivity contribution < 1.29 is 9.53 Å². The smallest absolute Gasteiger partial charge is 0.411 e. The lowest BCUT2D eigenvalue weighted by molar-refractivity contribution is 0.168. The van der Waals surface area contributed by atoms with Gasteiger partial charge >= 0.3 is 6.09 Å². The maximum Gasteiger partial charge on any atom is 0.411 e. The van der Waals surface area contributed by atoms with E-state index in [1.807, 2.05) is 30.5 Å². The number of H-pyrrole nitrogens is 1. The van der Waals surface area contributed by atoms with E-state index in [1.54, 1.807) is 13.1 Å². The Bertz CT molecular complexity index is 749. The van der Waals surface area contributed by atoms with Crippen molar-refractivity contribution in [1.82, 2.24) is 9.97 Å². The van der Waals surface area contributed by atoms with Gasteiger partial charge in [-0.3, -0.25) is 10.3 Å². The van der Waals surface area contributed by atoms with Gasteiger partial charge in [-0.2, -0.15) is 0 Å². The first-order chi connectivity index (χ1) is 9.29. The first kappa shape index (κ1) is 11.5. The van der Waals surface area contributed by atoms with Gasteiger partial charge in [-0.1, -0.05) is 12.1 Å². The summed E-state index contributed by atoms with van der Waals surface area (Å²) in [4.78, 5) is 18.9. The highest BCUT2D eigenvalue weighted by atomic mass is 16.5. The molecule has 0 aliphatic carbocycles. The maximum absolute atomic E-state index is 11.5. The number of pyridine rings is 1. The second-order valence-corrected chi connectivity index (χ2v) is 4.12. The second kappa shape index (κ2) is 4.61. The Kier molecular flexibility index (Phi) is 2.79. The summed E-state index contributed by atoms with van der Waals surface area (Å²) < 4.78 is 4.89. The Labute approximate surface area is 109 Å². The van der Waals surface area contributed by atoms with Gasteiger partial charge in [-0.15, -0.1) is 0 Å². The predicted molar refractivity (Wildman–Crippen MR) is 74.2 cm³/mol. The highest BCUT2D eigenvalue weighted by molar-refractivity contribution is 6.12. The number of ether oxygens (including phenoxy) is 1. The number of amides is 1. The molecule has 0 spiro atoms. The van der Waals surface area contributed by atoms with Gasteiger partial charge in [-0.25, -0.2) is 4.79 Å². The van der Waals surface area contributed by atoms with E-state index in [1.165, 1.54) is 0 Å². The summed E-state index contributed by atoms with van der Waals surface area (Å²) in [6.07, 6.45) is 3.09. The third-order valence-electron chi connectivity index (χ3n) is 2.95. The van der Waals surface area contributed by atoms with Crippen molar-refractivity contribution >= 4 is 33.6 Å². The average molecular weight is 255 g/mol. The van der Waals surface area contributed by atoms with Crippen LogP contribution in [0.2, 0.25) is 0 Å². The topological polar surface area (TPSA) is 67.0 Å². The molecule has 0 radical (unpaired) electrons. The first-order valence-corrected chi connectivity index (χ1v) is 6.08. The van der Waals surface area contributed by atoms with Crippen molar-refractivity contribution in [2.45, 2.75) is 6.92 Å². The molecule has 0 saturated heterocycles. The summed E-state index contributed by atoms with van der Waals surface area (Å²) in [6, 6.07) is 7.63. The summed E-state index contributed by atoms with van der Waals surface area (Å²) in [5, 5.41) is 4.79. The number of hydrogen-bond acceptors (Lipinski definition) is 3. The van der Waals surface area contributed by atoms with Crippen LogP contribution in [-0.2, 0) is 4.74 Å². The quantitative estimate of drug-likeness (QED) is 0.738. The summed E-state index contributed by atoms with van der Waals surface area (Å²) in [5.41, 5.74) is 2.56. The molecule has 5 heteroatoms. The lowest BCUT2D eigenvalue weighted by Gasteiger charge is -2.06. The van der Waals surface area contributed by atoms with Crippen LogP contribution in [0.5, 0.6) is 0 Å². The van der Waals surface area contributed by atoms with E-state index < -0.39 is 6.09 Å². The molecule has 2 heterocycles. The molecule has 0 aliphatic rings. The zero-order chi connectivity index (χ0) is 13.2. The standard InChI is InChI=1S/C14H13N3O2/c1-2-19-14(18)17-12-5-3-4-9-10-8-15-7-6-11(10)16-13(9)12/h3-8,16H,2H2,1H3,(H,17,18). The van der Waals surface area contributed by atoms with Gasteiger partial charge < -0.3 is 9.72 Å². The van der Waals surface area contributed by atoms with Crippen molar-refractivity contribution in [3.8, 4) is 0 Å².